The number of alkyl halides is 3. The molecule has 0 saturated carbocycles. The molecule has 0 radical (unpaired) electrons. The van der Waals surface area contributed by atoms with Crippen molar-refractivity contribution in [1.29, 1.82) is 0 Å². The molecule has 25 heavy (non-hydrogen) atoms. The van der Waals surface area contributed by atoms with E-state index in [9.17, 15) is 18.0 Å². The van der Waals surface area contributed by atoms with Crippen molar-refractivity contribution in [2.24, 2.45) is 0 Å². The molecular formula is C15H13F3N6O. The quantitative estimate of drug-likeness (QED) is 0.770. The summed E-state index contributed by atoms with van der Waals surface area (Å²) >= 11 is 0. The van der Waals surface area contributed by atoms with Gasteiger partial charge in [0.1, 0.15) is 0 Å². The Hall–Kier alpha value is -3.17. The second-order valence-corrected chi connectivity index (χ2v) is 5.23. The van der Waals surface area contributed by atoms with Gasteiger partial charge < -0.3 is 5.32 Å². The number of carbonyl (C=O) groups is 1. The summed E-state index contributed by atoms with van der Waals surface area (Å²) in [5.74, 6) is -0.0353. The van der Waals surface area contributed by atoms with E-state index in [2.05, 4.69) is 20.4 Å². The number of aryl methyl sites for hydroxylation is 1. The molecule has 0 aliphatic heterocycles. The summed E-state index contributed by atoms with van der Waals surface area (Å²) < 4.78 is 40.4. The highest BCUT2D eigenvalue weighted by molar-refractivity contribution is 5.92. The molecule has 0 atom stereocenters. The van der Waals surface area contributed by atoms with E-state index in [0.717, 1.165) is 21.5 Å². The zero-order valence-electron chi connectivity index (χ0n) is 13.2. The maximum atomic E-state index is 12.8. The molecule has 3 aromatic heterocycles. The maximum Gasteiger partial charge on any atom is 0.435 e. The SMILES string of the molecule is Cc1nc(-n2ccc(C(F)(F)F)n2)n(C(=O)Nc2cccnc2)c1C. The third-order valence-corrected chi connectivity index (χ3v) is 3.53. The maximum absolute atomic E-state index is 12.8. The molecule has 1 N–H and O–H groups in total. The number of rotatable bonds is 2. The first kappa shape index (κ1) is 16.7. The molecule has 0 bridgehead atoms. The number of aromatic nitrogens is 5. The minimum atomic E-state index is -4.58. The monoisotopic (exact) mass is 350 g/mol. The zero-order chi connectivity index (χ0) is 18.2. The van der Waals surface area contributed by atoms with Gasteiger partial charge in [-0.3, -0.25) is 4.98 Å². The smallest absolute Gasteiger partial charge is 0.306 e. The van der Waals surface area contributed by atoms with Crippen LogP contribution in [-0.4, -0.2) is 30.3 Å². The van der Waals surface area contributed by atoms with Crippen LogP contribution < -0.4 is 5.32 Å². The number of nitrogens with zero attached hydrogens (tertiary/aromatic N) is 5. The van der Waals surface area contributed by atoms with Crippen LogP contribution in [0.2, 0.25) is 0 Å². The van der Waals surface area contributed by atoms with Gasteiger partial charge in [0.15, 0.2) is 5.69 Å². The summed E-state index contributed by atoms with van der Waals surface area (Å²) in [6.07, 6.45) is -0.467. The van der Waals surface area contributed by atoms with Crippen molar-refractivity contribution in [2.45, 2.75) is 20.0 Å². The molecule has 0 fully saturated rings. The average molecular weight is 350 g/mol. The third kappa shape index (κ3) is 3.23. The van der Waals surface area contributed by atoms with Gasteiger partial charge in [-0.05, 0) is 32.0 Å². The standard InChI is InChI=1S/C15H13F3N6O/c1-9-10(2)24(14(25)21-11-4-3-6-19-8-11)13(20-9)23-7-5-12(22-23)15(16,17)18/h3-8H,1-2H3,(H,21,25). The molecule has 3 aromatic rings. The molecule has 0 spiro atoms. The van der Waals surface area contributed by atoms with E-state index < -0.39 is 17.9 Å². The molecule has 0 saturated heterocycles. The Morgan fingerprint density at radius 2 is 2.00 bits per heavy atom. The number of anilines is 1. The van der Waals surface area contributed by atoms with Gasteiger partial charge in [0, 0.05) is 18.1 Å². The van der Waals surface area contributed by atoms with Crippen LogP contribution in [-0.2, 0) is 6.18 Å². The van der Waals surface area contributed by atoms with Crippen molar-refractivity contribution in [2.75, 3.05) is 5.32 Å². The van der Waals surface area contributed by atoms with Gasteiger partial charge in [0.2, 0.25) is 5.95 Å². The number of amides is 1. The van der Waals surface area contributed by atoms with Crippen LogP contribution in [0.4, 0.5) is 23.7 Å². The zero-order valence-corrected chi connectivity index (χ0v) is 13.2. The fourth-order valence-electron chi connectivity index (χ4n) is 2.19. The van der Waals surface area contributed by atoms with Gasteiger partial charge in [-0.15, -0.1) is 0 Å². The summed E-state index contributed by atoms with van der Waals surface area (Å²) in [5.41, 5.74) is 0.367. The summed E-state index contributed by atoms with van der Waals surface area (Å²) in [6, 6.07) is 3.53. The van der Waals surface area contributed by atoms with Crippen LogP contribution in [0.3, 0.4) is 0 Å². The first-order chi connectivity index (χ1) is 11.8. The van der Waals surface area contributed by atoms with Crippen LogP contribution in [0.15, 0.2) is 36.8 Å². The van der Waals surface area contributed by atoms with Crippen molar-refractivity contribution in [1.82, 2.24) is 24.3 Å². The topological polar surface area (TPSA) is 77.6 Å². The van der Waals surface area contributed by atoms with Crippen LogP contribution >= 0.6 is 0 Å². The lowest BCUT2D eigenvalue weighted by Gasteiger charge is -2.10. The molecule has 3 rings (SSSR count). The number of nitrogens with one attached hydrogen (secondary N) is 1. The second kappa shape index (κ2) is 6.04. The number of imidazole rings is 1. The molecule has 1 amide bonds. The van der Waals surface area contributed by atoms with Gasteiger partial charge >= 0.3 is 12.2 Å². The molecule has 0 unspecified atom stereocenters. The molecule has 0 aliphatic carbocycles. The number of carbonyl (C=O) groups excluding carboxylic acids is 1. The lowest BCUT2D eigenvalue weighted by atomic mass is 10.4. The van der Waals surface area contributed by atoms with Crippen molar-refractivity contribution in [3.05, 3.63) is 53.9 Å². The Bertz CT molecular complexity index is 913. The minimum absolute atomic E-state index is 0.0353. The van der Waals surface area contributed by atoms with Crippen molar-refractivity contribution in [3.8, 4) is 5.95 Å². The van der Waals surface area contributed by atoms with Crippen LogP contribution in [0.1, 0.15) is 17.1 Å². The Labute approximate surface area is 140 Å². The largest absolute Gasteiger partial charge is 0.435 e. The number of hydrogen-bond acceptors (Lipinski definition) is 4. The first-order valence-electron chi connectivity index (χ1n) is 7.18. The van der Waals surface area contributed by atoms with Crippen LogP contribution in [0, 0.1) is 13.8 Å². The predicted octanol–water partition coefficient (Wildman–Crippen LogP) is 3.18. The lowest BCUT2D eigenvalue weighted by Crippen LogP contribution is -2.24. The lowest BCUT2D eigenvalue weighted by molar-refractivity contribution is -0.141. The molecule has 7 nitrogen and oxygen atoms in total. The van der Waals surface area contributed by atoms with E-state index in [1.165, 1.54) is 6.20 Å². The predicted molar refractivity (Wildman–Crippen MR) is 82.5 cm³/mol. The van der Waals surface area contributed by atoms with Crippen molar-refractivity contribution in [3.63, 3.8) is 0 Å². The van der Waals surface area contributed by atoms with Gasteiger partial charge in [0.25, 0.3) is 0 Å². The molecular weight excluding hydrogens is 337 g/mol. The number of halogens is 3. The molecule has 130 valence electrons. The fourth-order valence-corrected chi connectivity index (χ4v) is 2.19. The van der Waals surface area contributed by atoms with E-state index in [4.69, 9.17) is 0 Å². The summed E-state index contributed by atoms with van der Waals surface area (Å²) in [5, 5.41) is 6.09. The van der Waals surface area contributed by atoms with Crippen molar-refractivity contribution >= 4 is 11.7 Å². The van der Waals surface area contributed by atoms with Gasteiger partial charge in [-0.2, -0.15) is 18.3 Å². The number of pyridine rings is 1. The molecule has 0 aromatic carbocycles. The third-order valence-electron chi connectivity index (χ3n) is 3.53. The molecule has 3 heterocycles. The van der Waals surface area contributed by atoms with E-state index in [1.807, 2.05) is 0 Å². The second-order valence-electron chi connectivity index (χ2n) is 5.23. The molecule has 0 aliphatic rings. The van der Waals surface area contributed by atoms with Gasteiger partial charge in [-0.25, -0.2) is 19.0 Å². The normalized spacial score (nSPS) is 11.6. The van der Waals surface area contributed by atoms with Gasteiger partial charge in [0.05, 0.1) is 17.6 Å². The Morgan fingerprint density at radius 1 is 1.24 bits per heavy atom. The summed E-state index contributed by atoms with van der Waals surface area (Å²) in [4.78, 5) is 20.6. The first-order valence-corrected chi connectivity index (χ1v) is 7.18. The summed E-state index contributed by atoms with van der Waals surface area (Å²) in [6.45, 7) is 3.30. The average Bonchev–Trinajstić information content (AvgIpc) is 3.14. The summed E-state index contributed by atoms with van der Waals surface area (Å²) in [7, 11) is 0. The Morgan fingerprint density at radius 3 is 2.60 bits per heavy atom. The van der Waals surface area contributed by atoms with E-state index >= 15 is 0 Å². The number of hydrogen-bond donors (Lipinski definition) is 1. The van der Waals surface area contributed by atoms with Gasteiger partial charge in [-0.1, -0.05) is 0 Å². The van der Waals surface area contributed by atoms with Crippen LogP contribution in [0.5, 0.6) is 0 Å². The highest BCUT2D eigenvalue weighted by atomic mass is 19.4. The fraction of sp³-hybridized carbons (Fsp3) is 0.200. The highest BCUT2D eigenvalue weighted by Crippen LogP contribution is 2.28. The molecule has 10 heteroatoms. The van der Waals surface area contributed by atoms with E-state index in [0.29, 0.717) is 17.1 Å². The Balaban J connectivity index is 2.00. The Kier molecular flexibility index (Phi) is 4.03. The van der Waals surface area contributed by atoms with E-state index in [1.54, 1.807) is 32.2 Å². The minimum Gasteiger partial charge on any atom is -0.306 e. The van der Waals surface area contributed by atoms with Crippen molar-refractivity contribution < 1.29 is 18.0 Å². The van der Waals surface area contributed by atoms with E-state index in [-0.39, 0.29) is 5.95 Å². The highest BCUT2D eigenvalue weighted by Gasteiger charge is 2.34. The van der Waals surface area contributed by atoms with Crippen LogP contribution in [0.25, 0.3) is 5.95 Å².